The normalized spacial score (nSPS) is 11.8. The molecule has 53 heavy (non-hydrogen) atoms. The van der Waals surface area contributed by atoms with Crippen LogP contribution in [0.5, 0.6) is 11.5 Å². The lowest BCUT2D eigenvalue weighted by Gasteiger charge is -2.17. The number of alkyl halides is 6. The van der Waals surface area contributed by atoms with Crippen LogP contribution in [0.4, 0.5) is 26.3 Å². The Bertz CT molecular complexity index is 1940. The molecule has 0 saturated heterocycles. The number of aromatic nitrogens is 2. The molecule has 1 aromatic heterocycles. The Balaban J connectivity index is 1.62. The second kappa shape index (κ2) is 17.0. The van der Waals surface area contributed by atoms with E-state index in [0.29, 0.717) is 70.4 Å². The minimum absolute atomic E-state index is 0.0118. The molecule has 3 N–H and O–H groups in total. The number of hydrogen-bond acceptors (Lipinski definition) is 5. The van der Waals surface area contributed by atoms with Crippen molar-refractivity contribution in [3.05, 3.63) is 113 Å². The first-order valence-electron chi connectivity index (χ1n) is 17.1. The molecule has 13 heteroatoms. The molecule has 0 aliphatic heterocycles. The fourth-order valence-corrected chi connectivity index (χ4v) is 5.95. The van der Waals surface area contributed by atoms with E-state index in [-0.39, 0.29) is 29.9 Å². The van der Waals surface area contributed by atoms with Gasteiger partial charge in [-0.2, -0.15) is 26.3 Å². The average Bonchev–Trinajstić information content (AvgIpc) is 3.52. The summed E-state index contributed by atoms with van der Waals surface area (Å²) in [5, 5.41) is 2.91. The minimum Gasteiger partial charge on any atom is -0.497 e. The molecule has 0 atom stereocenters. The highest BCUT2D eigenvalue weighted by Gasteiger charge is 2.38. The molecular weight excluding hydrogens is 698 g/mol. The van der Waals surface area contributed by atoms with Crippen molar-refractivity contribution in [2.75, 3.05) is 27.3 Å². The third kappa shape index (κ3) is 9.78. The van der Waals surface area contributed by atoms with Gasteiger partial charge in [0.1, 0.15) is 17.3 Å². The summed E-state index contributed by atoms with van der Waals surface area (Å²) in [5.41, 5.74) is 5.16. The van der Waals surface area contributed by atoms with Crippen LogP contribution in [0, 0.1) is 0 Å². The minimum atomic E-state index is -5.06. The fourth-order valence-electron chi connectivity index (χ4n) is 5.95. The first-order valence-corrected chi connectivity index (χ1v) is 17.1. The summed E-state index contributed by atoms with van der Waals surface area (Å²) < 4.78 is 96.6. The van der Waals surface area contributed by atoms with Crippen molar-refractivity contribution in [2.45, 2.75) is 51.0 Å². The highest BCUT2D eigenvalue weighted by molar-refractivity contribution is 5.94. The molecule has 7 nitrogen and oxygen atoms in total. The number of rotatable bonds is 15. The van der Waals surface area contributed by atoms with Crippen LogP contribution in [-0.4, -0.2) is 42.8 Å². The molecule has 5 rings (SSSR count). The summed E-state index contributed by atoms with van der Waals surface area (Å²) in [6, 6.07) is 21.8. The van der Waals surface area contributed by atoms with Gasteiger partial charge >= 0.3 is 12.4 Å². The zero-order valence-corrected chi connectivity index (χ0v) is 29.3. The molecule has 4 aromatic carbocycles. The van der Waals surface area contributed by atoms with Gasteiger partial charge in [-0.3, -0.25) is 4.79 Å². The van der Waals surface area contributed by atoms with E-state index in [1.165, 1.54) is 14.2 Å². The van der Waals surface area contributed by atoms with Crippen molar-refractivity contribution >= 4 is 5.91 Å². The first-order chi connectivity index (χ1) is 25.3. The van der Waals surface area contributed by atoms with Gasteiger partial charge in [0.05, 0.1) is 36.7 Å². The summed E-state index contributed by atoms with van der Waals surface area (Å²) in [7, 11) is 3.00. The van der Waals surface area contributed by atoms with E-state index >= 15 is 0 Å². The molecule has 0 unspecified atom stereocenters. The maximum atomic E-state index is 14.1. The van der Waals surface area contributed by atoms with Gasteiger partial charge in [0.15, 0.2) is 0 Å². The van der Waals surface area contributed by atoms with Crippen molar-refractivity contribution in [1.82, 2.24) is 14.9 Å². The smallest absolute Gasteiger partial charge is 0.416 e. The van der Waals surface area contributed by atoms with E-state index in [2.05, 4.69) is 5.32 Å². The van der Waals surface area contributed by atoms with Gasteiger partial charge in [0.2, 0.25) is 0 Å². The van der Waals surface area contributed by atoms with E-state index in [9.17, 15) is 31.1 Å². The Labute approximate surface area is 303 Å². The third-order valence-electron chi connectivity index (χ3n) is 8.76. The summed E-state index contributed by atoms with van der Waals surface area (Å²) in [6.45, 7) is 1.16. The molecule has 280 valence electrons. The van der Waals surface area contributed by atoms with Gasteiger partial charge in [-0.15, -0.1) is 0 Å². The summed E-state index contributed by atoms with van der Waals surface area (Å²) in [6.07, 6.45) is -5.28. The van der Waals surface area contributed by atoms with Crippen LogP contribution in [0.3, 0.4) is 0 Å². The van der Waals surface area contributed by atoms with E-state index in [1.807, 2.05) is 0 Å². The first kappa shape index (κ1) is 38.9. The average molecular weight is 739 g/mol. The van der Waals surface area contributed by atoms with Crippen LogP contribution in [0.1, 0.15) is 59.2 Å². The topological polar surface area (TPSA) is 91.4 Å². The molecule has 0 spiro atoms. The number of hydrogen-bond donors (Lipinski definition) is 2. The van der Waals surface area contributed by atoms with Crippen molar-refractivity contribution in [3.8, 4) is 45.4 Å². The predicted molar refractivity (Wildman–Crippen MR) is 192 cm³/mol. The molecule has 1 heterocycles. The monoisotopic (exact) mass is 738 g/mol. The Kier molecular flexibility index (Phi) is 12.5. The molecule has 0 fully saturated rings. The number of nitrogens with two attached hydrogens (primary N) is 1. The van der Waals surface area contributed by atoms with E-state index in [4.69, 9.17) is 20.2 Å². The fraction of sp³-hybridized carbons (Fsp3) is 0.300. The lowest BCUT2D eigenvalue weighted by atomic mass is 10.0. The zero-order chi connectivity index (χ0) is 38.2. The van der Waals surface area contributed by atoms with Gasteiger partial charge in [0.25, 0.3) is 5.91 Å². The standard InChI is InChI=1S/C40H40F6N4O3/c1-52-33-16-12-27(13-17-33)35-36(28-14-18-34(53-2)19-15-28)50(37(49-35)30-22-31(39(41,42)43)24-32(23-30)40(44,45)46)25-26-8-10-29(11-9-26)38(51)48-21-7-5-3-4-6-20-47/h8-19,22-24H,3-7,20-21,25,47H2,1-2H3,(H,48,51). The molecule has 5 aromatic rings. The summed E-state index contributed by atoms with van der Waals surface area (Å²) in [5.74, 6) is 0.704. The summed E-state index contributed by atoms with van der Waals surface area (Å²) in [4.78, 5) is 17.6. The Morgan fingerprint density at radius 2 is 1.23 bits per heavy atom. The lowest BCUT2D eigenvalue weighted by molar-refractivity contribution is -0.143. The van der Waals surface area contributed by atoms with Gasteiger partial charge in [-0.1, -0.05) is 31.4 Å². The highest BCUT2D eigenvalue weighted by Crippen LogP contribution is 2.42. The maximum absolute atomic E-state index is 14.1. The molecule has 0 bridgehead atoms. The van der Waals surface area contributed by atoms with E-state index < -0.39 is 23.5 Å². The number of nitrogens with zero attached hydrogens (tertiary/aromatic N) is 2. The van der Waals surface area contributed by atoms with Gasteiger partial charge in [-0.25, -0.2) is 4.98 Å². The number of imidazole rings is 1. The van der Waals surface area contributed by atoms with Crippen molar-refractivity contribution in [1.29, 1.82) is 0 Å². The lowest BCUT2D eigenvalue weighted by Crippen LogP contribution is -2.24. The molecule has 0 aliphatic carbocycles. The van der Waals surface area contributed by atoms with Crippen molar-refractivity contribution in [3.63, 3.8) is 0 Å². The van der Waals surface area contributed by atoms with Crippen LogP contribution in [0.2, 0.25) is 0 Å². The number of benzene rings is 4. The number of halogens is 6. The second-order valence-corrected chi connectivity index (χ2v) is 12.5. The van der Waals surface area contributed by atoms with Gasteiger partial charge < -0.3 is 25.1 Å². The predicted octanol–water partition coefficient (Wildman–Crippen LogP) is 9.63. The Morgan fingerprint density at radius 1 is 0.698 bits per heavy atom. The molecule has 0 saturated carbocycles. The number of amides is 1. The number of carbonyl (C=O) groups is 1. The molecule has 0 aliphatic rings. The SMILES string of the molecule is COc1ccc(-c2nc(-c3cc(C(F)(F)F)cc(C(F)(F)F)c3)n(Cc3ccc(C(=O)NCCCCCCCN)cc3)c2-c2ccc(OC)cc2)cc1. The third-order valence-corrected chi connectivity index (χ3v) is 8.76. The molecule has 0 radical (unpaired) electrons. The van der Waals surface area contributed by atoms with Crippen LogP contribution in [-0.2, 0) is 18.9 Å². The zero-order valence-electron chi connectivity index (χ0n) is 29.3. The van der Waals surface area contributed by atoms with Gasteiger partial charge in [0, 0.05) is 35.3 Å². The van der Waals surface area contributed by atoms with Crippen molar-refractivity contribution < 1.29 is 40.6 Å². The quantitative estimate of drug-likeness (QED) is 0.0825. The van der Waals surface area contributed by atoms with Crippen LogP contribution >= 0.6 is 0 Å². The number of ether oxygens (including phenoxy) is 2. The summed E-state index contributed by atoms with van der Waals surface area (Å²) >= 11 is 0. The largest absolute Gasteiger partial charge is 0.497 e. The number of unbranched alkanes of at least 4 members (excludes halogenated alkanes) is 4. The van der Waals surface area contributed by atoms with Crippen molar-refractivity contribution in [2.24, 2.45) is 5.73 Å². The van der Waals surface area contributed by atoms with E-state index in [1.54, 1.807) is 77.4 Å². The van der Waals surface area contributed by atoms with Crippen LogP contribution in [0.15, 0.2) is 91.0 Å². The van der Waals surface area contributed by atoms with E-state index in [0.717, 1.165) is 32.1 Å². The Morgan fingerprint density at radius 3 is 1.75 bits per heavy atom. The van der Waals surface area contributed by atoms with Crippen LogP contribution in [0.25, 0.3) is 33.9 Å². The van der Waals surface area contributed by atoms with Crippen LogP contribution < -0.4 is 20.5 Å². The maximum Gasteiger partial charge on any atom is 0.416 e. The van der Waals surface area contributed by atoms with Gasteiger partial charge in [-0.05, 0) is 104 Å². The Hall–Kier alpha value is -5.30. The second-order valence-electron chi connectivity index (χ2n) is 12.5. The number of carbonyl (C=O) groups excluding carboxylic acids is 1. The highest BCUT2D eigenvalue weighted by atomic mass is 19.4. The molecule has 1 amide bonds. The molecular formula is C40H40F6N4O3. The number of methoxy groups -OCH3 is 2. The number of nitrogens with one attached hydrogen (secondary N) is 1.